The fraction of sp³-hybridized carbons (Fsp3) is 0.333. The summed E-state index contributed by atoms with van der Waals surface area (Å²) in [6, 6.07) is 7.83. The van der Waals surface area contributed by atoms with Crippen LogP contribution in [0.3, 0.4) is 0 Å². The van der Waals surface area contributed by atoms with Gasteiger partial charge in [0.25, 0.3) is 0 Å². The molecular weight excluding hydrogens is 329 g/mol. The summed E-state index contributed by atoms with van der Waals surface area (Å²) in [6.45, 7) is 2.78. The molecule has 4 nitrogen and oxygen atoms in total. The van der Waals surface area contributed by atoms with Crippen LogP contribution in [0.15, 0.2) is 30.6 Å². The largest absolute Gasteiger partial charge is 0.388 e. The Balaban J connectivity index is 2.17. The first-order valence-corrected chi connectivity index (χ1v) is 6.59. The maximum absolute atomic E-state index is 10.2. The molecule has 90 valence electrons. The average Bonchev–Trinajstić information content (AvgIpc) is 2.76. The molecule has 1 N–H and O–H groups in total. The minimum atomic E-state index is -0.530. The molecule has 1 heterocycles. The molecule has 17 heavy (non-hydrogen) atoms. The summed E-state index contributed by atoms with van der Waals surface area (Å²) in [4.78, 5) is 4.17. The maximum Gasteiger partial charge on any atom is 0.138 e. The Bertz CT molecular complexity index is 498. The first kappa shape index (κ1) is 12.5. The third-order valence-corrected chi connectivity index (χ3v) is 3.62. The number of hydrogen-bond donors (Lipinski definition) is 1. The number of aromatic nitrogens is 3. The van der Waals surface area contributed by atoms with E-state index in [1.165, 1.54) is 6.33 Å². The number of aliphatic hydroxyl groups excluding tert-OH is 1. The first-order chi connectivity index (χ1) is 8.22. The topological polar surface area (TPSA) is 50.9 Å². The fourth-order valence-corrected chi connectivity index (χ4v) is 2.49. The van der Waals surface area contributed by atoms with Crippen LogP contribution in [0.25, 0.3) is 0 Å². The molecule has 0 bridgehead atoms. The Morgan fingerprint density at radius 2 is 2.18 bits per heavy atom. The lowest BCUT2D eigenvalue weighted by Crippen LogP contribution is -2.10. The molecule has 0 amide bonds. The summed E-state index contributed by atoms with van der Waals surface area (Å²) >= 11 is 2.23. The third kappa shape index (κ3) is 2.84. The van der Waals surface area contributed by atoms with Crippen molar-refractivity contribution in [2.75, 3.05) is 0 Å². The number of aryl methyl sites for hydroxylation is 1. The standard InChI is InChI=1S/C12H14IN3O/c1-2-16-12(14-8-15-16)7-11(17)9-5-3-4-6-10(9)13/h3-6,8,11,17H,2,7H2,1H3. The zero-order chi connectivity index (χ0) is 12.3. The Hall–Kier alpha value is -0.950. The molecule has 0 saturated heterocycles. The first-order valence-electron chi connectivity index (χ1n) is 5.51. The number of hydrogen-bond acceptors (Lipinski definition) is 3. The van der Waals surface area contributed by atoms with Gasteiger partial charge in [-0.3, -0.25) is 4.68 Å². The van der Waals surface area contributed by atoms with Crippen molar-refractivity contribution < 1.29 is 5.11 Å². The van der Waals surface area contributed by atoms with E-state index in [1.807, 2.05) is 31.2 Å². The second-order valence-corrected chi connectivity index (χ2v) is 4.90. The van der Waals surface area contributed by atoms with Crippen LogP contribution in [0.1, 0.15) is 24.4 Å². The summed E-state index contributed by atoms with van der Waals surface area (Å²) in [6.07, 6.45) is 1.49. The molecule has 1 atom stereocenters. The van der Waals surface area contributed by atoms with Crippen molar-refractivity contribution in [2.24, 2.45) is 0 Å². The van der Waals surface area contributed by atoms with Gasteiger partial charge >= 0.3 is 0 Å². The highest BCUT2D eigenvalue weighted by Gasteiger charge is 2.14. The summed E-state index contributed by atoms with van der Waals surface area (Å²) in [7, 11) is 0. The van der Waals surface area contributed by atoms with Gasteiger partial charge in [0.15, 0.2) is 0 Å². The second kappa shape index (κ2) is 5.59. The van der Waals surface area contributed by atoms with E-state index in [0.717, 1.165) is 21.5 Å². The predicted octanol–water partition coefficient (Wildman–Crippen LogP) is 2.18. The molecule has 0 aliphatic carbocycles. The Morgan fingerprint density at radius 3 is 2.88 bits per heavy atom. The van der Waals surface area contributed by atoms with Crippen LogP contribution in [0.5, 0.6) is 0 Å². The highest BCUT2D eigenvalue weighted by molar-refractivity contribution is 14.1. The highest BCUT2D eigenvalue weighted by atomic mass is 127. The van der Waals surface area contributed by atoms with E-state index in [1.54, 1.807) is 4.68 Å². The molecule has 2 rings (SSSR count). The summed E-state index contributed by atoms with van der Waals surface area (Å²) < 4.78 is 2.87. The number of aliphatic hydroxyl groups is 1. The molecule has 1 aromatic heterocycles. The van der Waals surface area contributed by atoms with Gasteiger partial charge in [-0.25, -0.2) is 4.98 Å². The van der Waals surface area contributed by atoms with Gasteiger partial charge in [0.2, 0.25) is 0 Å². The van der Waals surface area contributed by atoms with Gasteiger partial charge in [0.05, 0.1) is 6.10 Å². The van der Waals surface area contributed by atoms with Gasteiger partial charge in [0, 0.05) is 16.5 Å². The van der Waals surface area contributed by atoms with Crippen LogP contribution >= 0.6 is 22.6 Å². The quantitative estimate of drug-likeness (QED) is 0.866. The molecule has 1 unspecified atom stereocenters. The van der Waals surface area contributed by atoms with Crippen LogP contribution in [-0.2, 0) is 13.0 Å². The molecule has 1 aromatic carbocycles. The number of benzene rings is 1. The van der Waals surface area contributed by atoms with Gasteiger partial charge in [0.1, 0.15) is 12.2 Å². The molecule has 5 heteroatoms. The van der Waals surface area contributed by atoms with Crippen LogP contribution in [0, 0.1) is 3.57 Å². The van der Waals surface area contributed by atoms with Gasteiger partial charge in [-0.05, 0) is 41.1 Å². The van der Waals surface area contributed by atoms with Crippen LogP contribution in [0.4, 0.5) is 0 Å². The maximum atomic E-state index is 10.2. The van der Waals surface area contributed by atoms with E-state index in [0.29, 0.717) is 6.42 Å². The molecule has 0 saturated carbocycles. The van der Waals surface area contributed by atoms with Crippen molar-refractivity contribution in [3.63, 3.8) is 0 Å². The second-order valence-electron chi connectivity index (χ2n) is 3.73. The molecular formula is C12H14IN3O. The Kier molecular flexibility index (Phi) is 4.11. The third-order valence-electron chi connectivity index (χ3n) is 2.64. The molecule has 0 spiro atoms. The SMILES string of the molecule is CCn1ncnc1CC(O)c1ccccc1I. The molecule has 0 radical (unpaired) electrons. The van der Waals surface area contributed by atoms with E-state index < -0.39 is 6.10 Å². The smallest absolute Gasteiger partial charge is 0.138 e. The average molecular weight is 343 g/mol. The van der Waals surface area contributed by atoms with Crippen molar-refractivity contribution in [1.82, 2.24) is 14.8 Å². The van der Waals surface area contributed by atoms with Crippen molar-refractivity contribution >= 4 is 22.6 Å². The molecule has 2 aromatic rings. The molecule has 0 fully saturated rings. The van der Waals surface area contributed by atoms with E-state index in [9.17, 15) is 5.11 Å². The lowest BCUT2D eigenvalue weighted by Gasteiger charge is -2.12. The van der Waals surface area contributed by atoms with E-state index >= 15 is 0 Å². The Morgan fingerprint density at radius 1 is 1.41 bits per heavy atom. The van der Waals surface area contributed by atoms with E-state index in [4.69, 9.17) is 0 Å². The van der Waals surface area contributed by atoms with Crippen molar-refractivity contribution in [3.8, 4) is 0 Å². The zero-order valence-electron chi connectivity index (χ0n) is 9.55. The van der Waals surface area contributed by atoms with Crippen molar-refractivity contribution in [2.45, 2.75) is 26.0 Å². The van der Waals surface area contributed by atoms with E-state index in [-0.39, 0.29) is 0 Å². The minimum absolute atomic E-state index is 0.494. The Labute approximate surface area is 114 Å². The van der Waals surface area contributed by atoms with Gasteiger partial charge in [-0.2, -0.15) is 5.10 Å². The zero-order valence-corrected chi connectivity index (χ0v) is 11.7. The van der Waals surface area contributed by atoms with Crippen LogP contribution in [-0.4, -0.2) is 19.9 Å². The molecule has 0 aliphatic rings. The highest BCUT2D eigenvalue weighted by Crippen LogP contribution is 2.22. The minimum Gasteiger partial charge on any atom is -0.388 e. The van der Waals surface area contributed by atoms with Gasteiger partial charge in [-0.1, -0.05) is 18.2 Å². The lowest BCUT2D eigenvalue weighted by molar-refractivity contribution is 0.173. The monoisotopic (exact) mass is 343 g/mol. The number of halogens is 1. The van der Waals surface area contributed by atoms with Crippen LogP contribution < -0.4 is 0 Å². The van der Waals surface area contributed by atoms with Crippen molar-refractivity contribution in [1.29, 1.82) is 0 Å². The van der Waals surface area contributed by atoms with Crippen LogP contribution in [0.2, 0.25) is 0 Å². The van der Waals surface area contributed by atoms with E-state index in [2.05, 4.69) is 32.7 Å². The number of nitrogens with zero attached hydrogens (tertiary/aromatic N) is 3. The van der Waals surface area contributed by atoms with Gasteiger partial charge in [-0.15, -0.1) is 0 Å². The lowest BCUT2D eigenvalue weighted by atomic mass is 10.1. The normalized spacial score (nSPS) is 12.6. The number of rotatable bonds is 4. The summed E-state index contributed by atoms with van der Waals surface area (Å²) in [5, 5.41) is 14.3. The van der Waals surface area contributed by atoms with Gasteiger partial charge < -0.3 is 5.11 Å². The van der Waals surface area contributed by atoms with Crippen molar-refractivity contribution in [3.05, 3.63) is 45.6 Å². The summed E-state index contributed by atoms with van der Waals surface area (Å²) in [5.41, 5.74) is 0.943. The molecule has 0 aliphatic heterocycles. The summed E-state index contributed by atoms with van der Waals surface area (Å²) in [5.74, 6) is 0.819. The fourth-order valence-electron chi connectivity index (χ4n) is 1.74. The predicted molar refractivity (Wildman–Crippen MR) is 73.5 cm³/mol.